The predicted octanol–water partition coefficient (Wildman–Crippen LogP) is 1.60. The van der Waals surface area contributed by atoms with Gasteiger partial charge in [-0.3, -0.25) is 9.59 Å². The van der Waals surface area contributed by atoms with Crippen molar-refractivity contribution in [1.82, 2.24) is 14.5 Å². The van der Waals surface area contributed by atoms with Crippen molar-refractivity contribution in [2.24, 2.45) is 5.92 Å². The molecule has 1 fully saturated rings. The van der Waals surface area contributed by atoms with Crippen LogP contribution in [-0.4, -0.2) is 61.7 Å². The molecule has 0 aliphatic carbocycles. The van der Waals surface area contributed by atoms with Crippen LogP contribution in [0.5, 0.6) is 0 Å². The summed E-state index contributed by atoms with van der Waals surface area (Å²) in [5.41, 5.74) is 0. The molecular weight excluding hydrogens is 385 g/mol. The Labute approximate surface area is 165 Å². The minimum Gasteiger partial charge on any atom is -0.352 e. The van der Waals surface area contributed by atoms with Crippen LogP contribution in [0.3, 0.4) is 0 Å². The highest BCUT2D eigenvalue weighted by Crippen LogP contribution is 2.25. The Morgan fingerprint density at radius 1 is 1.21 bits per heavy atom. The van der Waals surface area contributed by atoms with E-state index in [1.807, 2.05) is 20.8 Å². The van der Waals surface area contributed by atoms with Crippen molar-refractivity contribution < 1.29 is 22.4 Å². The Morgan fingerprint density at radius 2 is 1.79 bits per heavy atom. The summed E-state index contributed by atoms with van der Waals surface area (Å²) in [5.74, 6) is -1.14. The average Bonchev–Trinajstić information content (AvgIpc) is 2.65. The van der Waals surface area contributed by atoms with Crippen molar-refractivity contribution in [3.8, 4) is 0 Å². The standard InChI is InChI=1S/C19H28FN3O4S/c1-4-22(13-18(24)21-14(2)3)19(25)15-9-11-23(12-10-15)28(26,27)17-7-5-16(20)6-8-17/h5-8,14-15H,4,9-13H2,1-3H3,(H,21,24). The van der Waals surface area contributed by atoms with E-state index in [4.69, 9.17) is 0 Å². The maximum Gasteiger partial charge on any atom is 0.243 e. The van der Waals surface area contributed by atoms with Gasteiger partial charge in [0.2, 0.25) is 21.8 Å². The van der Waals surface area contributed by atoms with Crippen molar-refractivity contribution in [2.75, 3.05) is 26.2 Å². The number of benzene rings is 1. The smallest absolute Gasteiger partial charge is 0.243 e. The van der Waals surface area contributed by atoms with Crippen LogP contribution >= 0.6 is 0 Å². The average molecular weight is 414 g/mol. The molecule has 1 aliphatic heterocycles. The molecule has 1 aromatic rings. The zero-order valence-electron chi connectivity index (χ0n) is 16.5. The number of carbonyl (C=O) groups is 2. The molecule has 28 heavy (non-hydrogen) atoms. The van der Waals surface area contributed by atoms with Gasteiger partial charge in [0.1, 0.15) is 5.82 Å². The molecule has 1 saturated heterocycles. The molecule has 0 unspecified atom stereocenters. The van der Waals surface area contributed by atoms with E-state index >= 15 is 0 Å². The zero-order chi connectivity index (χ0) is 20.9. The van der Waals surface area contributed by atoms with Crippen molar-refractivity contribution >= 4 is 21.8 Å². The Hall–Kier alpha value is -2.00. The molecule has 9 heteroatoms. The van der Waals surface area contributed by atoms with Gasteiger partial charge in [-0.2, -0.15) is 4.31 Å². The largest absolute Gasteiger partial charge is 0.352 e. The Kier molecular flexibility index (Phi) is 7.54. The number of hydrogen-bond donors (Lipinski definition) is 1. The zero-order valence-corrected chi connectivity index (χ0v) is 17.3. The second kappa shape index (κ2) is 9.47. The summed E-state index contributed by atoms with van der Waals surface area (Å²) in [7, 11) is -3.71. The lowest BCUT2D eigenvalue weighted by molar-refractivity contribution is -0.140. The number of halogens is 1. The Morgan fingerprint density at radius 3 is 2.29 bits per heavy atom. The van der Waals surface area contributed by atoms with E-state index in [1.165, 1.54) is 21.3 Å². The molecule has 1 aromatic carbocycles. The lowest BCUT2D eigenvalue weighted by Crippen LogP contribution is -2.47. The number of nitrogens with zero attached hydrogens (tertiary/aromatic N) is 2. The molecule has 0 saturated carbocycles. The van der Waals surface area contributed by atoms with Crippen molar-refractivity contribution in [2.45, 2.75) is 44.6 Å². The summed E-state index contributed by atoms with van der Waals surface area (Å²) in [4.78, 5) is 26.3. The molecule has 0 atom stereocenters. The van der Waals surface area contributed by atoms with Gasteiger partial charge in [-0.15, -0.1) is 0 Å². The van der Waals surface area contributed by atoms with Gasteiger partial charge in [-0.25, -0.2) is 12.8 Å². The molecule has 0 aromatic heterocycles. The summed E-state index contributed by atoms with van der Waals surface area (Å²) in [6.07, 6.45) is 0.781. The van der Waals surface area contributed by atoms with Gasteiger partial charge in [0.25, 0.3) is 0 Å². The number of carbonyl (C=O) groups excluding carboxylic acids is 2. The SMILES string of the molecule is CCN(CC(=O)NC(C)C)C(=O)C1CCN(S(=O)(=O)c2ccc(F)cc2)CC1. The predicted molar refractivity (Wildman–Crippen MR) is 103 cm³/mol. The van der Waals surface area contributed by atoms with Crippen LogP contribution in [0.4, 0.5) is 4.39 Å². The minimum absolute atomic E-state index is 0.00113. The first-order chi connectivity index (χ1) is 13.1. The van der Waals surface area contributed by atoms with Crippen LogP contribution in [0.15, 0.2) is 29.2 Å². The van der Waals surface area contributed by atoms with E-state index in [0.717, 1.165) is 12.1 Å². The summed E-state index contributed by atoms with van der Waals surface area (Å²) < 4.78 is 39.7. The van der Waals surface area contributed by atoms with E-state index in [-0.39, 0.29) is 48.3 Å². The van der Waals surface area contributed by atoms with Crippen LogP contribution in [0.2, 0.25) is 0 Å². The maximum atomic E-state index is 13.0. The van der Waals surface area contributed by atoms with Crippen molar-refractivity contribution in [3.63, 3.8) is 0 Å². The second-order valence-electron chi connectivity index (χ2n) is 7.21. The molecule has 2 amide bonds. The van der Waals surface area contributed by atoms with Gasteiger partial charge in [-0.1, -0.05) is 0 Å². The summed E-state index contributed by atoms with van der Waals surface area (Å²) >= 11 is 0. The summed E-state index contributed by atoms with van der Waals surface area (Å²) in [6.45, 7) is 6.37. The number of amides is 2. The van der Waals surface area contributed by atoms with Gasteiger partial charge in [0.05, 0.1) is 11.4 Å². The highest BCUT2D eigenvalue weighted by Gasteiger charge is 2.34. The number of nitrogens with one attached hydrogen (secondary N) is 1. The van der Waals surface area contributed by atoms with Gasteiger partial charge in [0.15, 0.2) is 0 Å². The first-order valence-electron chi connectivity index (χ1n) is 9.49. The number of hydrogen-bond acceptors (Lipinski definition) is 4. The lowest BCUT2D eigenvalue weighted by Gasteiger charge is -2.33. The Balaban J connectivity index is 1.97. The van der Waals surface area contributed by atoms with Crippen molar-refractivity contribution in [3.05, 3.63) is 30.1 Å². The molecule has 7 nitrogen and oxygen atoms in total. The van der Waals surface area contributed by atoms with E-state index in [9.17, 15) is 22.4 Å². The molecule has 156 valence electrons. The van der Waals surface area contributed by atoms with Crippen LogP contribution < -0.4 is 5.32 Å². The lowest BCUT2D eigenvalue weighted by atomic mass is 9.96. The second-order valence-corrected chi connectivity index (χ2v) is 9.14. The first kappa shape index (κ1) is 22.3. The fourth-order valence-corrected chi connectivity index (χ4v) is 4.71. The summed E-state index contributed by atoms with van der Waals surface area (Å²) in [5, 5.41) is 2.77. The molecule has 1 N–H and O–H groups in total. The topological polar surface area (TPSA) is 86.8 Å². The molecule has 0 bridgehead atoms. The van der Waals surface area contributed by atoms with Crippen LogP contribution in [0.1, 0.15) is 33.6 Å². The van der Waals surface area contributed by atoms with E-state index in [0.29, 0.717) is 19.4 Å². The molecule has 1 heterocycles. The third-order valence-electron chi connectivity index (χ3n) is 4.73. The van der Waals surface area contributed by atoms with E-state index in [1.54, 1.807) is 0 Å². The number of rotatable bonds is 7. The highest BCUT2D eigenvalue weighted by molar-refractivity contribution is 7.89. The molecular formula is C19H28FN3O4S. The fraction of sp³-hybridized carbons (Fsp3) is 0.579. The van der Waals surface area contributed by atoms with E-state index in [2.05, 4.69) is 5.32 Å². The highest BCUT2D eigenvalue weighted by atomic mass is 32.2. The molecule has 2 rings (SSSR count). The van der Waals surface area contributed by atoms with E-state index < -0.39 is 15.8 Å². The normalized spacial score (nSPS) is 16.2. The minimum atomic E-state index is -3.71. The third kappa shape index (κ3) is 5.51. The van der Waals surface area contributed by atoms with Crippen LogP contribution in [0, 0.1) is 11.7 Å². The number of sulfonamides is 1. The van der Waals surface area contributed by atoms with Crippen LogP contribution in [-0.2, 0) is 19.6 Å². The number of piperidine rings is 1. The van der Waals surface area contributed by atoms with Gasteiger partial charge in [-0.05, 0) is 57.9 Å². The summed E-state index contributed by atoms with van der Waals surface area (Å²) in [6, 6.07) is 4.72. The maximum absolute atomic E-state index is 13.0. The number of likely N-dealkylation sites (N-methyl/N-ethyl adjacent to an activating group) is 1. The van der Waals surface area contributed by atoms with Gasteiger partial charge in [0, 0.05) is 31.6 Å². The van der Waals surface area contributed by atoms with Crippen molar-refractivity contribution in [1.29, 1.82) is 0 Å². The molecule has 0 radical (unpaired) electrons. The molecule has 0 spiro atoms. The third-order valence-corrected chi connectivity index (χ3v) is 6.64. The van der Waals surface area contributed by atoms with Gasteiger partial charge < -0.3 is 10.2 Å². The Bertz CT molecular complexity index is 788. The fourth-order valence-electron chi connectivity index (χ4n) is 3.24. The van der Waals surface area contributed by atoms with Gasteiger partial charge >= 0.3 is 0 Å². The van der Waals surface area contributed by atoms with Crippen LogP contribution in [0.25, 0.3) is 0 Å². The quantitative estimate of drug-likeness (QED) is 0.736. The molecule has 1 aliphatic rings. The first-order valence-corrected chi connectivity index (χ1v) is 10.9. The monoisotopic (exact) mass is 413 g/mol.